The van der Waals surface area contributed by atoms with Crippen molar-refractivity contribution in [3.63, 3.8) is 0 Å². The number of nitrogens with one attached hydrogen (secondary N) is 1. The molecule has 1 unspecified atom stereocenters. The van der Waals surface area contributed by atoms with Crippen molar-refractivity contribution in [3.8, 4) is 5.75 Å². The zero-order chi connectivity index (χ0) is 15.6. The molecular weight excluding hydrogens is 270 g/mol. The summed E-state index contributed by atoms with van der Waals surface area (Å²) in [6, 6.07) is 5.10. The molecule has 6 heteroatoms. The number of nitrogens with zero attached hydrogens (tertiary/aromatic N) is 1. The van der Waals surface area contributed by atoms with Crippen LogP contribution in [0.2, 0.25) is 0 Å². The fraction of sp³-hybridized carbons (Fsp3) is 0.600. The second-order valence-corrected chi connectivity index (χ2v) is 6.10. The number of hydrogen-bond acceptors (Lipinski definition) is 5. The van der Waals surface area contributed by atoms with Crippen LogP contribution in [0, 0.1) is 16.0 Å². The van der Waals surface area contributed by atoms with E-state index in [2.05, 4.69) is 5.32 Å². The van der Waals surface area contributed by atoms with E-state index in [4.69, 9.17) is 10.5 Å². The fourth-order valence-electron chi connectivity index (χ4n) is 2.51. The smallest absolute Gasteiger partial charge is 0.333 e. The van der Waals surface area contributed by atoms with Crippen molar-refractivity contribution < 1.29 is 9.66 Å². The van der Waals surface area contributed by atoms with Crippen LogP contribution in [-0.4, -0.2) is 23.1 Å². The molecule has 0 aliphatic heterocycles. The molecule has 1 atom stereocenters. The second-order valence-electron chi connectivity index (χ2n) is 6.10. The molecule has 1 aliphatic rings. The predicted molar refractivity (Wildman–Crippen MR) is 82.7 cm³/mol. The minimum absolute atomic E-state index is 0.0217. The van der Waals surface area contributed by atoms with E-state index in [0.717, 1.165) is 12.8 Å². The number of hydrogen-bond donors (Lipinski definition) is 2. The summed E-state index contributed by atoms with van der Waals surface area (Å²) < 4.78 is 5.56. The Morgan fingerprint density at radius 2 is 2.19 bits per heavy atom. The highest BCUT2D eigenvalue weighted by atomic mass is 16.6. The minimum Gasteiger partial charge on any atom is -0.484 e. The monoisotopic (exact) mass is 293 g/mol. The molecule has 0 amide bonds. The highest BCUT2D eigenvalue weighted by molar-refractivity contribution is 5.69. The molecule has 3 N–H and O–H groups in total. The highest BCUT2D eigenvalue weighted by Gasteiger charge is 2.41. The van der Waals surface area contributed by atoms with Gasteiger partial charge in [0.1, 0.15) is 5.69 Å². The fourth-order valence-corrected chi connectivity index (χ4v) is 2.51. The molecule has 1 aliphatic carbocycles. The predicted octanol–water partition coefficient (Wildman–Crippen LogP) is 2.92. The minimum atomic E-state index is -0.399. The molecule has 1 aromatic carbocycles. The van der Waals surface area contributed by atoms with Gasteiger partial charge < -0.3 is 15.8 Å². The van der Waals surface area contributed by atoms with Gasteiger partial charge >= 0.3 is 5.69 Å². The topological polar surface area (TPSA) is 90.4 Å². The molecular formula is C15H23N3O3. The summed E-state index contributed by atoms with van der Waals surface area (Å²) in [7, 11) is 0. The van der Waals surface area contributed by atoms with Crippen LogP contribution in [0.25, 0.3) is 0 Å². The Morgan fingerprint density at radius 1 is 1.52 bits per heavy atom. The molecule has 1 aromatic rings. The van der Waals surface area contributed by atoms with Gasteiger partial charge in [0.15, 0.2) is 5.75 Å². The van der Waals surface area contributed by atoms with Crippen LogP contribution < -0.4 is 15.8 Å². The Balaban J connectivity index is 2.36. The lowest BCUT2D eigenvalue weighted by molar-refractivity contribution is -0.385. The van der Waals surface area contributed by atoms with Gasteiger partial charge in [0.2, 0.25) is 0 Å². The number of para-hydroxylation sites is 1. The first-order valence-electron chi connectivity index (χ1n) is 7.29. The number of nitrogens with two attached hydrogens (primary N) is 1. The molecule has 2 rings (SSSR count). The first kappa shape index (κ1) is 15.6. The number of nitro groups is 1. The molecule has 0 spiro atoms. The molecule has 0 saturated heterocycles. The first-order valence-corrected chi connectivity index (χ1v) is 7.29. The molecule has 0 radical (unpaired) electrons. The summed E-state index contributed by atoms with van der Waals surface area (Å²) in [5.41, 5.74) is 6.01. The Hall–Kier alpha value is -1.82. The van der Waals surface area contributed by atoms with Crippen LogP contribution in [-0.2, 0) is 0 Å². The summed E-state index contributed by atoms with van der Waals surface area (Å²) in [5, 5.41) is 14.7. The Kier molecular flexibility index (Phi) is 4.37. The van der Waals surface area contributed by atoms with Gasteiger partial charge in [-0.25, -0.2) is 0 Å². The van der Waals surface area contributed by atoms with Crippen LogP contribution >= 0.6 is 0 Å². The third kappa shape index (κ3) is 3.44. The van der Waals surface area contributed by atoms with Gasteiger partial charge in [-0.1, -0.05) is 6.07 Å². The Labute approximate surface area is 124 Å². The van der Waals surface area contributed by atoms with Crippen LogP contribution in [0.4, 0.5) is 11.4 Å². The van der Waals surface area contributed by atoms with Crippen molar-refractivity contribution >= 4 is 11.4 Å². The lowest BCUT2D eigenvalue weighted by Crippen LogP contribution is -2.44. The van der Waals surface area contributed by atoms with E-state index < -0.39 is 4.92 Å². The van der Waals surface area contributed by atoms with E-state index in [1.807, 2.05) is 20.8 Å². The van der Waals surface area contributed by atoms with Gasteiger partial charge in [0, 0.05) is 12.1 Å². The molecule has 6 nitrogen and oxygen atoms in total. The molecule has 0 bridgehead atoms. The SMILES string of the molecule is CC(C)Oc1cccc(NC(C)(CN)C2CC2)c1[N+](=O)[O-]. The van der Waals surface area contributed by atoms with Gasteiger partial charge in [-0.05, 0) is 51.7 Å². The van der Waals surface area contributed by atoms with Crippen molar-refractivity contribution in [2.75, 3.05) is 11.9 Å². The molecule has 116 valence electrons. The van der Waals surface area contributed by atoms with Crippen molar-refractivity contribution in [3.05, 3.63) is 28.3 Å². The van der Waals surface area contributed by atoms with E-state index >= 15 is 0 Å². The van der Waals surface area contributed by atoms with E-state index in [1.54, 1.807) is 18.2 Å². The molecule has 21 heavy (non-hydrogen) atoms. The average Bonchev–Trinajstić information content (AvgIpc) is 3.22. The van der Waals surface area contributed by atoms with E-state index in [9.17, 15) is 10.1 Å². The van der Waals surface area contributed by atoms with Gasteiger partial charge in [0.25, 0.3) is 0 Å². The van der Waals surface area contributed by atoms with Crippen molar-refractivity contribution in [1.29, 1.82) is 0 Å². The van der Waals surface area contributed by atoms with Crippen LogP contribution in [0.3, 0.4) is 0 Å². The molecule has 0 heterocycles. The number of rotatable bonds is 7. The van der Waals surface area contributed by atoms with Crippen molar-refractivity contribution in [1.82, 2.24) is 0 Å². The van der Waals surface area contributed by atoms with Gasteiger partial charge in [-0.2, -0.15) is 0 Å². The third-order valence-corrected chi connectivity index (χ3v) is 3.87. The largest absolute Gasteiger partial charge is 0.484 e. The normalized spacial score (nSPS) is 17.4. The third-order valence-electron chi connectivity index (χ3n) is 3.87. The summed E-state index contributed by atoms with van der Waals surface area (Å²) in [6.45, 7) is 6.14. The van der Waals surface area contributed by atoms with Crippen molar-refractivity contribution in [2.45, 2.75) is 45.3 Å². The van der Waals surface area contributed by atoms with Gasteiger partial charge in [-0.3, -0.25) is 10.1 Å². The number of ether oxygens (including phenoxy) is 1. The molecule has 1 fully saturated rings. The van der Waals surface area contributed by atoms with E-state index in [0.29, 0.717) is 18.2 Å². The van der Waals surface area contributed by atoms with E-state index in [-0.39, 0.29) is 23.1 Å². The molecule has 0 aromatic heterocycles. The lowest BCUT2D eigenvalue weighted by atomic mass is 9.95. The van der Waals surface area contributed by atoms with Crippen LogP contribution in [0.5, 0.6) is 5.75 Å². The highest BCUT2D eigenvalue weighted by Crippen LogP contribution is 2.43. The maximum absolute atomic E-state index is 11.4. The van der Waals surface area contributed by atoms with Crippen LogP contribution in [0.15, 0.2) is 18.2 Å². The second kappa shape index (κ2) is 5.89. The summed E-state index contributed by atoms with van der Waals surface area (Å²) in [5.74, 6) is 0.756. The van der Waals surface area contributed by atoms with E-state index in [1.165, 1.54) is 0 Å². The maximum atomic E-state index is 11.4. The summed E-state index contributed by atoms with van der Waals surface area (Å²) in [6.07, 6.45) is 2.09. The number of anilines is 1. The standard InChI is InChI=1S/C15H23N3O3/c1-10(2)21-13-6-4-5-12(14(13)18(19)20)17-15(3,9-16)11-7-8-11/h4-6,10-11,17H,7-9,16H2,1-3H3. The first-order chi connectivity index (χ1) is 9.87. The van der Waals surface area contributed by atoms with Crippen LogP contribution in [0.1, 0.15) is 33.6 Å². The van der Waals surface area contributed by atoms with Crippen molar-refractivity contribution in [2.24, 2.45) is 11.7 Å². The van der Waals surface area contributed by atoms with Gasteiger partial charge in [0.05, 0.1) is 11.0 Å². The quantitative estimate of drug-likeness (QED) is 0.596. The molecule has 1 saturated carbocycles. The zero-order valence-electron chi connectivity index (χ0n) is 12.8. The maximum Gasteiger partial charge on any atom is 0.333 e. The zero-order valence-corrected chi connectivity index (χ0v) is 12.8. The van der Waals surface area contributed by atoms with Gasteiger partial charge in [-0.15, -0.1) is 0 Å². The number of benzene rings is 1. The summed E-state index contributed by atoms with van der Waals surface area (Å²) in [4.78, 5) is 11.0. The number of nitro benzene ring substituents is 1. The Morgan fingerprint density at radius 3 is 2.67 bits per heavy atom. The summed E-state index contributed by atoms with van der Waals surface area (Å²) >= 11 is 0. The Bertz CT molecular complexity index is 529. The average molecular weight is 293 g/mol. The lowest BCUT2D eigenvalue weighted by Gasteiger charge is -2.30.